The molecule has 31 heavy (non-hydrogen) atoms. The molecule has 0 bridgehead atoms. The van der Waals surface area contributed by atoms with Crippen LogP contribution in [0.1, 0.15) is 41.1 Å². The molecule has 1 saturated heterocycles. The average Bonchev–Trinajstić information content (AvgIpc) is 3.27. The number of aliphatic carboxylic acids is 1. The molecule has 6 nitrogen and oxygen atoms in total. The van der Waals surface area contributed by atoms with E-state index in [1.165, 1.54) is 5.56 Å². The second kappa shape index (κ2) is 10.2. The van der Waals surface area contributed by atoms with Gasteiger partial charge in [-0.1, -0.05) is 36.4 Å². The van der Waals surface area contributed by atoms with Crippen molar-refractivity contribution in [3.05, 3.63) is 89.5 Å². The summed E-state index contributed by atoms with van der Waals surface area (Å²) in [6.45, 7) is 3.55. The lowest BCUT2D eigenvalue weighted by atomic mass is 10.1. The van der Waals surface area contributed by atoms with Crippen molar-refractivity contribution in [3.8, 4) is 5.75 Å². The molecular weight excluding hydrogens is 390 g/mol. The molecule has 0 radical (unpaired) electrons. The van der Waals surface area contributed by atoms with Gasteiger partial charge in [0.05, 0.1) is 5.69 Å². The molecule has 0 saturated carbocycles. The fraction of sp³-hybridized carbons (Fsp3) is 0.320. The molecule has 1 aliphatic rings. The molecule has 0 aliphatic carbocycles. The number of hydrogen-bond acceptors (Lipinski definition) is 5. The van der Waals surface area contributed by atoms with Crippen LogP contribution in [0, 0.1) is 0 Å². The Morgan fingerprint density at radius 2 is 1.77 bits per heavy atom. The second-order valence-electron chi connectivity index (χ2n) is 7.99. The number of benzene rings is 2. The van der Waals surface area contributed by atoms with Crippen molar-refractivity contribution in [2.45, 2.75) is 38.3 Å². The van der Waals surface area contributed by atoms with Crippen molar-refractivity contribution in [2.24, 2.45) is 0 Å². The lowest BCUT2D eigenvalue weighted by Crippen LogP contribution is -2.20. The van der Waals surface area contributed by atoms with E-state index in [2.05, 4.69) is 39.1 Å². The van der Waals surface area contributed by atoms with Crippen molar-refractivity contribution in [1.29, 1.82) is 0 Å². The van der Waals surface area contributed by atoms with Gasteiger partial charge >= 0.3 is 5.97 Å². The predicted molar refractivity (Wildman–Crippen MR) is 118 cm³/mol. The number of nitrogens with zero attached hydrogens (tertiary/aromatic N) is 3. The molecule has 1 unspecified atom stereocenters. The van der Waals surface area contributed by atoms with Crippen LogP contribution in [0.25, 0.3) is 0 Å². The predicted octanol–water partition coefficient (Wildman–Crippen LogP) is 4.06. The van der Waals surface area contributed by atoms with Crippen molar-refractivity contribution in [1.82, 2.24) is 14.9 Å². The first-order valence-electron chi connectivity index (χ1n) is 10.7. The van der Waals surface area contributed by atoms with Crippen LogP contribution in [-0.4, -0.2) is 39.0 Å². The molecule has 1 atom stereocenters. The Balaban J connectivity index is 1.24. The summed E-state index contributed by atoms with van der Waals surface area (Å²) in [6, 6.07) is 16.2. The molecule has 6 heteroatoms. The molecule has 1 N–H and O–H groups in total. The minimum absolute atomic E-state index is 0.144. The summed E-state index contributed by atoms with van der Waals surface area (Å²) >= 11 is 0. The monoisotopic (exact) mass is 417 g/mol. The van der Waals surface area contributed by atoms with Crippen LogP contribution in [0.5, 0.6) is 5.75 Å². The van der Waals surface area contributed by atoms with Gasteiger partial charge in [-0.05, 0) is 48.2 Å². The van der Waals surface area contributed by atoms with E-state index in [1.807, 2.05) is 30.5 Å². The molecule has 160 valence electrons. The normalized spacial score (nSPS) is 16.3. The third-order valence-corrected chi connectivity index (χ3v) is 5.66. The van der Waals surface area contributed by atoms with Gasteiger partial charge in [0.15, 0.2) is 0 Å². The number of hydrogen-bond donors (Lipinski definition) is 1. The van der Waals surface area contributed by atoms with Crippen molar-refractivity contribution >= 4 is 5.97 Å². The molecule has 0 spiro atoms. The highest BCUT2D eigenvalue weighted by molar-refractivity contribution is 5.67. The first-order chi connectivity index (χ1) is 15.2. The minimum atomic E-state index is -0.779. The number of aromatic nitrogens is 2. The van der Waals surface area contributed by atoms with Crippen LogP contribution in [-0.2, 0) is 24.4 Å². The van der Waals surface area contributed by atoms with Gasteiger partial charge in [-0.15, -0.1) is 0 Å². The number of carboxylic acid groups (broad SMARTS) is 1. The highest BCUT2D eigenvalue weighted by atomic mass is 16.5. The number of rotatable bonds is 9. The Kier molecular flexibility index (Phi) is 6.89. The zero-order valence-electron chi connectivity index (χ0n) is 17.5. The van der Waals surface area contributed by atoms with Crippen LogP contribution >= 0.6 is 0 Å². The van der Waals surface area contributed by atoms with Crippen LogP contribution in [0.3, 0.4) is 0 Å². The number of carboxylic acids is 1. The largest absolute Gasteiger partial charge is 0.489 e. The molecule has 4 rings (SSSR count). The summed E-state index contributed by atoms with van der Waals surface area (Å²) < 4.78 is 5.87. The number of carbonyl (C=O) groups is 1. The van der Waals surface area contributed by atoms with E-state index in [0.29, 0.717) is 18.9 Å². The Morgan fingerprint density at radius 3 is 2.48 bits per heavy atom. The van der Waals surface area contributed by atoms with E-state index in [0.717, 1.165) is 48.6 Å². The van der Waals surface area contributed by atoms with E-state index >= 15 is 0 Å². The SMILES string of the molecule is O=C(O)CCc1ccc(OCc2ccc(CN3CCC(c4cnccn4)C3)cc2)cc1. The second-order valence-corrected chi connectivity index (χ2v) is 7.99. The fourth-order valence-electron chi connectivity index (χ4n) is 3.91. The van der Waals surface area contributed by atoms with Gasteiger partial charge < -0.3 is 9.84 Å². The zero-order chi connectivity index (χ0) is 21.5. The van der Waals surface area contributed by atoms with Crippen LogP contribution in [0.15, 0.2) is 67.1 Å². The third kappa shape index (κ3) is 6.12. The van der Waals surface area contributed by atoms with E-state index in [-0.39, 0.29) is 6.42 Å². The maximum absolute atomic E-state index is 10.7. The molecular formula is C25H27N3O3. The van der Waals surface area contributed by atoms with Gasteiger partial charge in [0.1, 0.15) is 12.4 Å². The lowest BCUT2D eigenvalue weighted by Gasteiger charge is -2.16. The molecule has 1 fully saturated rings. The fourth-order valence-corrected chi connectivity index (χ4v) is 3.91. The zero-order valence-corrected chi connectivity index (χ0v) is 17.5. The lowest BCUT2D eigenvalue weighted by molar-refractivity contribution is -0.136. The first-order valence-corrected chi connectivity index (χ1v) is 10.7. The highest BCUT2D eigenvalue weighted by Gasteiger charge is 2.24. The Bertz CT molecular complexity index is 975. The van der Waals surface area contributed by atoms with Gasteiger partial charge in [0.2, 0.25) is 0 Å². The molecule has 1 aliphatic heterocycles. The quantitative estimate of drug-likeness (QED) is 0.566. The summed E-state index contributed by atoms with van der Waals surface area (Å²) in [6.07, 6.45) is 7.18. The number of likely N-dealkylation sites (tertiary alicyclic amines) is 1. The summed E-state index contributed by atoms with van der Waals surface area (Å²) in [5, 5.41) is 8.77. The molecule has 2 aromatic carbocycles. The van der Waals surface area contributed by atoms with Crippen molar-refractivity contribution < 1.29 is 14.6 Å². The Hall–Kier alpha value is -3.25. The Morgan fingerprint density at radius 1 is 1.03 bits per heavy atom. The van der Waals surface area contributed by atoms with Crippen LogP contribution < -0.4 is 4.74 Å². The summed E-state index contributed by atoms with van der Waals surface area (Å²) in [5.74, 6) is 0.478. The molecule has 1 aromatic heterocycles. The van der Waals surface area contributed by atoms with E-state index in [9.17, 15) is 4.79 Å². The number of ether oxygens (including phenoxy) is 1. The topological polar surface area (TPSA) is 75.6 Å². The molecule has 0 amide bonds. The summed E-state index contributed by atoms with van der Waals surface area (Å²) in [4.78, 5) is 21.8. The smallest absolute Gasteiger partial charge is 0.303 e. The van der Waals surface area contributed by atoms with Crippen molar-refractivity contribution in [3.63, 3.8) is 0 Å². The van der Waals surface area contributed by atoms with E-state index < -0.39 is 5.97 Å². The standard InChI is InChI=1S/C25H27N3O3/c29-25(30)10-7-19-5-8-23(9-6-19)31-18-21-3-1-20(2-4-21)16-28-14-11-22(17-28)24-15-26-12-13-27-24/h1-6,8-9,12-13,15,22H,7,10-11,14,16-18H2,(H,29,30). The highest BCUT2D eigenvalue weighted by Crippen LogP contribution is 2.26. The molecule has 3 aromatic rings. The minimum Gasteiger partial charge on any atom is -0.489 e. The maximum atomic E-state index is 10.7. The van der Waals surface area contributed by atoms with Crippen LogP contribution in [0.2, 0.25) is 0 Å². The molecule has 2 heterocycles. The average molecular weight is 418 g/mol. The van der Waals surface area contributed by atoms with Crippen LogP contribution in [0.4, 0.5) is 0 Å². The summed E-state index contributed by atoms with van der Waals surface area (Å²) in [5.41, 5.74) is 4.51. The third-order valence-electron chi connectivity index (χ3n) is 5.66. The Labute approximate surface area is 182 Å². The van der Waals surface area contributed by atoms with Gasteiger partial charge in [0.25, 0.3) is 0 Å². The van der Waals surface area contributed by atoms with Gasteiger partial charge in [-0.2, -0.15) is 0 Å². The van der Waals surface area contributed by atoms with Gasteiger partial charge in [-0.3, -0.25) is 19.7 Å². The maximum Gasteiger partial charge on any atom is 0.303 e. The first kappa shape index (κ1) is 21.0. The van der Waals surface area contributed by atoms with E-state index in [1.54, 1.807) is 12.4 Å². The van der Waals surface area contributed by atoms with Crippen molar-refractivity contribution in [2.75, 3.05) is 13.1 Å². The number of aryl methyl sites for hydroxylation is 1. The van der Waals surface area contributed by atoms with Gasteiger partial charge in [-0.25, -0.2) is 0 Å². The van der Waals surface area contributed by atoms with E-state index in [4.69, 9.17) is 9.84 Å². The van der Waals surface area contributed by atoms with Gasteiger partial charge in [0, 0.05) is 44.0 Å². The summed E-state index contributed by atoms with van der Waals surface area (Å²) in [7, 11) is 0.